The van der Waals surface area contributed by atoms with E-state index in [1.807, 2.05) is 0 Å². The molecule has 0 radical (unpaired) electrons. The molecule has 0 spiro atoms. The van der Waals surface area contributed by atoms with Gasteiger partial charge in [-0.1, -0.05) is 27.8 Å². The summed E-state index contributed by atoms with van der Waals surface area (Å²) in [5, 5.41) is 9.64. The zero-order chi connectivity index (χ0) is 13.1. The second kappa shape index (κ2) is 5.07. The fourth-order valence-electron chi connectivity index (χ4n) is 1.47. The van der Waals surface area contributed by atoms with Gasteiger partial charge in [-0.05, 0) is 18.2 Å². The van der Waals surface area contributed by atoms with E-state index in [-0.39, 0.29) is 11.3 Å². The summed E-state index contributed by atoms with van der Waals surface area (Å²) in [6.07, 6.45) is 0. The highest BCUT2D eigenvalue weighted by atomic mass is 79.9. The second-order valence-corrected chi connectivity index (χ2v) is 3.99. The molecule has 5 heteroatoms. The molecule has 0 aliphatic rings. The minimum absolute atomic E-state index is 0.240. The Morgan fingerprint density at radius 2 is 2.17 bits per heavy atom. The number of halogens is 1. The van der Waals surface area contributed by atoms with E-state index in [1.165, 1.54) is 0 Å². The maximum Gasteiger partial charge on any atom is 0.371 e. The summed E-state index contributed by atoms with van der Waals surface area (Å²) < 4.78 is 5.11. The summed E-state index contributed by atoms with van der Waals surface area (Å²) in [6, 6.07) is 5.77. The molecule has 0 unspecified atom stereocenters. The molecule has 1 N–H and O–H groups in total. The first-order chi connectivity index (χ1) is 8.61. The average molecular weight is 307 g/mol. The molecule has 0 atom stereocenters. The molecule has 1 aromatic carbocycles. The smallest absolute Gasteiger partial charge is 0.371 e. The molecule has 0 amide bonds. The van der Waals surface area contributed by atoms with Gasteiger partial charge in [-0.2, -0.15) is 0 Å². The summed E-state index contributed by atoms with van der Waals surface area (Å²) in [5.74, 6) is 4.04. The fourth-order valence-corrected chi connectivity index (χ4v) is 1.62. The van der Waals surface area contributed by atoms with Gasteiger partial charge in [0, 0.05) is 11.6 Å². The summed E-state index contributed by atoms with van der Waals surface area (Å²) >= 11 is 3.18. The Balaban J connectivity index is 2.65. The number of hydrogen-bond acceptors (Lipinski definition) is 3. The Labute approximate surface area is 110 Å². The summed E-state index contributed by atoms with van der Waals surface area (Å²) in [6.45, 7) is 0. The molecule has 0 aliphatic carbocycles. The number of benzene rings is 1. The molecule has 4 nitrogen and oxygen atoms in total. The predicted molar refractivity (Wildman–Crippen MR) is 70.1 cm³/mol. The molecular formula is C13H7BrO4. The number of carboxylic acid groups (broad SMARTS) is 1. The SMILES string of the molecule is O=C(O)c1cc(=O)c2cc(C#CCBr)ccc2o1. The van der Waals surface area contributed by atoms with Crippen molar-refractivity contribution in [2.24, 2.45) is 0 Å². The van der Waals surface area contributed by atoms with E-state index in [0.717, 1.165) is 6.07 Å². The first-order valence-corrected chi connectivity index (χ1v) is 6.10. The lowest BCUT2D eigenvalue weighted by molar-refractivity contribution is 0.0663. The van der Waals surface area contributed by atoms with Crippen LogP contribution in [0.3, 0.4) is 0 Å². The molecule has 0 bridgehead atoms. The third kappa shape index (κ3) is 2.44. The zero-order valence-corrected chi connectivity index (χ0v) is 10.7. The zero-order valence-electron chi connectivity index (χ0n) is 9.07. The third-order valence-corrected chi connectivity index (χ3v) is 2.52. The lowest BCUT2D eigenvalue weighted by atomic mass is 10.1. The topological polar surface area (TPSA) is 67.5 Å². The van der Waals surface area contributed by atoms with E-state index >= 15 is 0 Å². The lowest BCUT2D eigenvalue weighted by Gasteiger charge is -1.99. The fraction of sp³-hybridized carbons (Fsp3) is 0.0769. The van der Waals surface area contributed by atoms with Gasteiger partial charge in [-0.15, -0.1) is 0 Å². The van der Waals surface area contributed by atoms with Crippen LogP contribution in [0, 0.1) is 11.8 Å². The van der Waals surface area contributed by atoms with Gasteiger partial charge in [-0.3, -0.25) is 4.79 Å². The molecule has 0 saturated carbocycles. The van der Waals surface area contributed by atoms with Crippen molar-refractivity contribution in [3.05, 3.63) is 45.8 Å². The van der Waals surface area contributed by atoms with Crippen LogP contribution in [0.25, 0.3) is 11.0 Å². The van der Waals surface area contributed by atoms with Crippen molar-refractivity contribution in [2.45, 2.75) is 0 Å². The number of alkyl halides is 1. The van der Waals surface area contributed by atoms with Crippen molar-refractivity contribution in [1.29, 1.82) is 0 Å². The monoisotopic (exact) mass is 306 g/mol. The molecule has 18 heavy (non-hydrogen) atoms. The highest BCUT2D eigenvalue weighted by Crippen LogP contribution is 2.14. The molecule has 2 aromatic rings. The van der Waals surface area contributed by atoms with Gasteiger partial charge >= 0.3 is 5.97 Å². The van der Waals surface area contributed by atoms with Crippen LogP contribution in [0.2, 0.25) is 0 Å². The van der Waals surface area contributed by atoms with Crippen molar-refractivity contribution in [1.82, 2.24) is 0 Å². The van der Waals surface area contributed by atoms with Crippen LogP contribution in [0.5, 0.6) is 0 Å². The van der Waals surface area contributed by atoms with E-state index < -0.39 is 11.4 Å². The minimum atomic E-state index is -1.27. The lowest BCUT2D eigenvalue weighted by Crippen LogP contribution is -2.06. The van der Waals surface area contributed by atoms with Crippen molar-refractivity contribution in [2.75, 3.05) is 5.33 Å². The molecule has 90 valence electrons. The maximum atomic E-state index is 11.7. The van der Waals surface area contributed by atoms with Crippen LogP contribution in [-0.2, 0) is 0 Å². The van der Waals surface area contributed by atoms with Gasteiger partial charge in [-0.25, -0.2) is 4.79 Å². The first kappa shape index (κ1) is 12.4. The Morgan fingerprint density at radius 1 is 1.39 bits per heavy atom. The van der Waals surface area contributed by atoms with Gasteiger partial charge in [0.25, 0.3) is 0 Å². The van der Waals surface area contributed by atoms with Gasteiger partial charge in [0.05, 0.1) is 10.7 Å². The Bertz CT molecular complexity index is 734. The van der Waals surface area contributed by atoms with Crippen molar-refractivity contribution < 1.29 is 14.3 Å². The maximum absolute atomic E-state index is 11.7. The van der Waals surface area contributed by atoms with Crippen LogP contribution in [0.15, 0.2) is 33.5 Å². The van der Waals surface area contributed by atoms with Gasteiger partial charge in [0.1, 0.15) is 5.58 Å². The number of fused-ring (bicyclic) bond motifs is 1. The van der Waals surface area contributed by atoms with Crippen molar-refractivity contribution in [3.8, 4) is 11.8 Å². The highest BCUT2D eigenvalue weighted by molar-refractivity contribution is 9.09. The minimum Gasteiger partial charge on any atom is -0.475 e. The van der Waals surface area contributed by atoms with E-state index in [4.69, 9.17) is 9.52 Å². The molecule has 0 saturated heterocycles. The highest BCUT2D eigenvalue weighted by Gasteiger charge is 2.10. The molecule has 0 aliphatic heterocycles. The summed E-state index contributed by atoms with van der Waals surface area (Å²) in [5.41, 5.74) is 0.526. The molecule has 1 heterocycles. The number of aromatic carboxylic acids is 1. The first-order valence-electron chi connectivity index (χ1n) is 4.98. The average Bonchev–Trinajstić information content (AvgIpc) is 2.36. The van der Waals surface area contributed by atoms with Gasteiger partial charge < -0.3 is 9.52 Å². The van der Waals surface area contributed by atoms with Crippen LogP contribution < -0.4 is 5.43 Å². The number of carbonyl (C=O) groups is 1. The third-order valence-electron chi connectivity index (χ3n) is 2.24. The van der Waals surface area contributed by atoms with Crippen LogP contribution in [0.1, 0.15) is 16.1 Å². The summed E-state index contributed by atoms with van der Waals surface area (Å²) in [7, 11) is 0. The Morgan fingerprint density at radius 3 is 2.83 bits per heavy atom. The van der Waals surface area contributed by atoms with Crippen LogP contribution in [-0.4, -0.2) is 16.4 Å². The number of rotatable bonds is 1. The van der Waals surface area contributed by atoms with E-state index in [1.54, 1.807) is 18.2 Å². The summed E-state index contributed by atoms with van der Waals surface area (Å²) in [4.78, 5) is 22.5. The van der Waals surface area contributed by atoms with E-state index in [9.17, 15) is 9.59 Å². The predicted octanol–water partition coefficient (Wildman–Crippen LogP) is 2.24. The largest absolute Gasteiger partial charge is 0.475 e. The molecular weight excluding hydrogens is 300 g/mol. The van der Waals surface area contributed by atoms with Crippen LogP contribution in [0.4, 0.5) is 0 Å². The number of carboxylic acids is 1. The van der Waals surface area contributed by atoms with Crippen molar-refractivity contribution in [3.63, 3.8) is 0 Å². The molecule has 0 fully saturated rings. The van der Waals surface area contributed by atoms with Gasteiger partial charge in [0.2, 0.25) is 5.76 Å². The van der Waals surface area contributed by atoms with E-state index in [2.05, 4.69) is 27.8 Å². The van der Waals surface area contributed by atoms with E-state index in [0.29, 0.717) is 16.3 Å². The Kier molecular flexibility index (Phi) is 3.49. The molecule has 1 aromatic heterocycles. The quantitative estimate of drug-likeness (QED) is 0.648. The molecule has 2 rings (SSSR count). The van der Waals surface area contributed by atoms with Crippen molar-refractivity contribution >= 4 is 32.9 Å². The number of hydrogen-bond donors (Lipinski definition) is 1. The second-order valence-electron chi connectivity index (χ2n) is 3.43. The van der Waals surface area contributed by atoms with Gasteiger partial charge in [0.15, 0.2) is 5.43 Å². The van der Waals surface area contributed by atoms with Crippen LogP contribution >= 0.6 is 15.9 Å². The Hall–Kier alpha value is -2.06. The standard InChI is InChI=1S/C13H7BrO4/c14-5-1-2-8-3-4-11-9(6-8)10(15)7-12(18-11)13(16)17/h3-4,6-7H,5H2,(H,16,17). The normalized spacial score (nSPS) is 9.83.